The lowest BCUT2D eigenvalue weighted by molar-refractivity contribution is 0.200. The van der Waals surface area contributed by atoms with Gasteiger partial charge in [0.15, 0.2) is 0 Å². The standard InChI is InChI=1S/C7H14O/c1-4-5-7(8)6(2)3/h7-8H,2,4-5H2,1,3H3. The smallest absolute Gasteiger partial charge is 0.0744 e. The normalized spacial score (nSPS) is 13.4. The Hall–Kier alpha value is -0.300. The third kappa shape index (κ3) is 2.80. The molecule has 1 atom stereocenters. The molecule has 0 saturated heterocycles. The lowest BCUT2D eigenvalue weighted by Gasteiger charge is -2.05. The second-order valence-corrected chi connectivity index (χ2v) is 2.15. The van der Waals surface area contributed by atoms with Crippen molar-refractivity contribution in [1.82, 2.24) is 0 Å². The minimum absolute atomic E-state index is 0.278. The number of hydrogen-bond donors (Lipinski definition) is 1. The highest BCUT2D eigenvalue weighted by Gasteiger charge is 1.99. The maximum Gasteiger partial charge on any atom is 0.0744 e. The minimum Gasteiger partial charge on any atom is -0.389 e. The fourth-order valence-electron chi connectivity index (χ4n) is 0.520. The van der Waals surface area contributed by atoms with Gasteiger partial charge in [-0.3, -0.25) is 0 Å². The quantitative estimate of drug-likeness (QED) is 0.554. The van der Waals surface area contributed by atoms with Crippen LogP contribution in [0.3, 0.4) is 0 Å². The van der Waals surface area contributed by atoms with Gasteiger partial charge >= 0.3 is 0 Å². The molecule has 0 amide bonds. The molecule has 0 bridgehead atoms. The van der Waals surface area contributed by atoms with E-state index in [1.165, 1.54) is 0 Å². The third-order valence-corrected chi connectivity index (χ3v) is 1.13. The molecule has 0 rings (SSSR count). The summed E-state index contributed by atoms with van der Waals surface area (Å²) in [5.74, 6) is 0. The summed E-state index contributed by atoms with van der Waals surface area (Å²) >= 11 is 0. The largest absolute Gasteiger partial charge is 0.389 e. The molecule has 0 aliphatic rings. The number of aliphatic hydroxyl groups is 1. The Balaban J connectivity index is 3.32. The van der Waals surface area contributed by atoms with Crippen LogP contribution in [0, 0.1) is 0 Å². The molecule has 0 fully saturated rings. The Morgan fingerprint density at radius 3 is 2.38 bits per heavy atom. The lowest BCUT2D eigenvalue weighted by atomic mass is 10.1. The average Bonchev–Trinajstić information content (AvgIpc) is 1.67. The van der Waals surface area contributed by atoms with Crippen LogP contribution in [-0.4, -0.2) is 11.2 Å². The van der Waals surface area contributed by atoms with Crippen molar-refractivity contribution in [1.29, 1.82) is 0 Å². The molecular weight excluding hydrogens is 100 g/mol. The van der Waals surface area contributed by atoms with Gasteiger partial charge in [-0.2, -0.15) is 0 Å². The molecule has 0 aliphatic carbocycles. The van der Waals surface area contributed by atoms with Gasteiger partial charge in [0.25, 0.3) is 0 Å². The zero-order valence-corrected chi connectivity index (χ0v) is 5.65. The van der Waals surface area contributed by atoms with Crippen molar-refractivity contribution in [2.24, 2.45) is 0 Å². The van der Waals surface area contributed by atoms with Crippen LogP contribution in [-0.2, 0) is 0 Å². The van der Waals surface area contributed by atoms with Crippen molar-refractivity contribution in [2.45, 2.75) is 32.8 Å². The van der Waals surface area contributed by atoms with Crippen molar-refractivity contribution >= 4 is 0 Å². The number of rotatable bonds is 3. The Bertz CT molecular complexity index is 76.5. The molecule has 8 heavy (non-hydrogen) atoms. The van der Waals surface area contributed by atoms with Crippen molar-refractivity contribution in [3.63, 3.8) is 0 Å². The topological polar surface area (TPSA) is 20.2 Å². The highest BCUT2D eigenvalue weighted by atomic mass is 16.3. The van der Waals surface area contributed by atoms with Crippen LogP contribution in [0.5, 0.6) is 0 Å². The van der Waals surface area contributed by atoms with E-state index in [1.54, 1.807) is 0 Å². The number of aliphatic hydroxyl groups excluding tert-OH is 1. The van der Waals surface area contributed by atoms with Gasteiger partial charge in [0.1, 0.15) is 0 Å². The minimum atomic E-state index is -0.278. The molecular formula is C7H14O. The lowest BCUT2D eigenvalue weighted by Crippen LogP contribution is -2.05. The monoisotopic (exact) mass is 114 g/mol. The maximum absolute atomic E-state index is 9.03. The highest BCUT2D eigenvalue weighted by Crippen LogP contribution is 2.03. The van der Waals surface area contributed by atoms with Gasteiger partial charge in [-0.1, -0.05) is 25.5 Å². The van der Waals surface area contributed by atoms with Gasteiger partial charge in [-0.15, -0.1) is 0 Å². The third-order valence-electron chi connectivity index (χ3n) is 1.13. The van der Waals surface area contributed by atoms with Gasteiger partial charge in [-0.05, 0) is 13.3 Å². The van der Waals surface area contributed by atoms with E-state index in [1.807, 2.05) is 13.8 Å². The van der Waals surface area contributed by atoms with E-state index in [-0.39, 0.29) is 6.10 Å². The first-order valence-corrected chi connectivity index (χ1v) is 3.02. The van der Waals surface area contributed by atoms with Crippen LogP contribution >= 0.6 is 0 Å². The van der Waals surface area contributed by atoms with Gasteiger partial charge in [0.05, 0.1) is 6.10 Å². The second kappa shape index (κ2) is 3.67. The first-order valence-electron chi connectivity index (χ1n) is 3.02. The summed E-state index contributed by atoms with van der Waals surface area (Å²) in [5.41, 5.74) is 0.867. The summed E-state index contributed by atoms with van der Waals surface area (Å²) in [6, 6.07) is 0. The molecule has 0 aromatic rings. The van der Waals surface area contributed by atoms with E-state index in [2.05, 4.69) is 6.58 Å². The molecule has 0 heterocycles. The van der Waals surface area contributed by atoms with E-state index in [0.29, 0.717) is 0 Å². The van der Waals surface area contributed by atoms with E-state index in [4.69, 9.17) is 5.11 Å². The van der Waals surface area contributed by atoms with E-state index in [0.717, 1.165) is 18.4 Å². The SMILES string of the molecule is C=C(C)C(O)CCC. The van der Waals surface area contributed by atoms with Crippen LogP contribution in [0.15, 0.2) is 12.2 Å². The maximum atomic E-state index is 9.03. The molecule has 1 unspecified atom stereocenters. The Labute approximate surface area is 51.0 Å². The molecule has 1 nitrogen and oxygen atoms in total. The first kappa shape index (κ1) is 7.70. The molecule has 48 valence electrons. The van der Waals surface area contributed by atoms with Crippen molar-refractivity contribution in [3.05, 3.63) is 12.2 Å². The summed E-state index contributed by atoms with van der Waals surface area (Å²) in [7, 11) is 0. The summed E-state index contributed by atoms with van der Waals surface area (Å²) < 4.78 is 0. The van der Waals surface area contributed by atoms with E-state index < -0.39 is 0 Å². The molecule has 0 radical (unpaired) electrons. The molecule has 1 N–H and O–H groups in total. The molecule has 0 aromatic heterocycles. The van der Waals surface area contributed by atoms with Crippen LogP contribution in [0.4, 0.5) is 0 Å². The summed E-state index contributed by atoms with van der Waals surface area (Å²) in [6.07, 6.45) is 1.59. The van der Waals surface area contributed by atoms with E-state index in [9.17, 15) is 0 Å². The van der Waals surface area contributed by atoms with Gasteiger partial charge in [0, 0.05) is 0 Å². The Morgan fingerprint density at radius 1 is 1.75 bits per heavy atom. The second-order valence-electron chi connectivity index (χ2n) is 2.15. The number of hydrogen-bond acceptors (Lipinski definition) is 1. The highest BCUT2D eigenvalue weighted by molar-refractivity contribution is 4.95. The van der Waals surface area contributed by atoms with Crippen LogP contribution in [0.25, 0.3) is 0 Å². The predicted molar refractivity (Wildman–Crippen MR) is 35.7 cm³/mol. The molecule has 0 spiro atoms. The average molecular weight is 114 g/mol. The Morgan fingerprint density at radius 2 is 2.25 bits per heavy atom. The van der Waals surface area contributed by atoms with Gasteiger partial charge in [-0.25, -0.2) is 0 Å². The summed E-state index contributed by atoms with van der Waals surface area (Å²) in [4.78, 5) is 0. The zero-order valence-electron chi connectivity index (χ0n) is 5.65. The summed E-state index contributed by atoms with van der Waals surface area (Å²) in [5, 5.41) is 9.03. The van der Waals surface area contributed by atoms with Gasteiger partial charge in [0.2, 0.25) is 0 Å². The van der Waals surface area contributed by atoms with Crippen LogP contribution in [0.1, 0.15) is 26.7 Å². The zero-order chi connectivity index (χ0) is 6.57. The van der Waals surface area contributed by atoms with Gasteiger partial charge < -0.3 is 5.11 Å². The predicted octanol–water partition coefficient (Wildman–Crippen LogP) is 1.72. The van der Waals surface area contributed by atoms with Crippen molar-refractivity contribution in [3.8, 4) is 0 Å². The molecule has 0 saturated carbocycles. The van der Waals surface area contributed by atoms with E-state index >= 15 is 0 Å². The fraction of sp³-hybridized carbons (Fsp3) is 0.714. The van der Waals surface area contributed by atoms with Crippen molar-refractivity contribution < 1.29 is 5.11 Å². The first-order chi connectivity index (χ1) is 3.68. The Kier molecular flexibility index (Phi) is 3.53. The molecule has 0 aliphatic heterocycles. The van der Waals surface area contributed by atoms with Crippen LogP contribution in [0.2, 0.25) is 0 Å². The van der Waals surface area contributed by atoms with Crippen molar-refractivity contribution in [2.75, 3.05) is 0 Å². The summed E-state index contributed by atoms with van der Waals surface area (Å²) in [6.45, 7) is 7.52. The fourth-order valence-corrected chi connectivity index (χ4v) is 0.520. The molecule has 1 heteroatoms. The molecule has 0 aromatic carbocycles. The van der Waals surface area contributed by atoms with Crippen LogP contribution < -0.4 is 0 Å².